The Bertz CT molecular complexity index is 2030. The van der Waals surface area contributed by atoms with Gasteiger partial charge in [0.1, 0.15) is 11.4 Å². The van der Waals surface area contributed by atoms with E-state index in [-0.39, 0.29) is 0 Å². The van der Waals surface area contributed by atoms with Crippen molar-refractivity contribution in [3.8, 4) is 34.2 Å². The Balaban J connectivity index is 1.07. The number of hydrogen-bond acceptors (Lipinski definition) is 6. The van der Waals surface area contributed by atoms with Crippen molar-refractivity contribution in [2.45, 2.75) is 0 Å². The fourth-order valence-electron chi connectivity index (χ4n) is 4.88. The maximum absolute atomic E-state index is 4.71. The first-order valence-electron chi connectivity index (χ1n) is 12.9. The maximum Gasteiger partial charge on any atom is 0.157 e. The highest BCUT2D eigenvalue weighted by Crippen LogP contribution is 2.28. The molecule has 6 aliphatic rings. The molecule has 8 heteroatoms. The van der Waals surface area contributed by atoms with E-state index in [4.69, 9.17) is 9.97 Å². The molecule has 0 spiro atoms. The summed E-state index contributed by atoms with van der Waals surface area (Å²) in [6, 6.07) is 23.9. The van der Waals surface area contributed by atoms with Crippen LogP contribution in [0.15, 0.2) is 85.2 Å². The van der Waals surface area contributed by atoms with E-state index >= 15 is 0 Å². The molecule has 0 aliphatic carbocycles. The molecule has 0 fully saturated rings. The lowest BCUT2D eigenvalue weighted by atomic mass is 10.1. The SMILES string of the molecule is C(=C\c1cc2nc3ccccc3[nH]c-2n1)/c1ccc2c(/C=C/c3cc4nc5ccccc5[nH]c-4n3)ncc-2cn1. The molecule has 2 aromatic carbocycles. The molecule has 0 radical (unpaired) electrons. The summed E-state index contributed by atoms with van der Waals surface area (Å²) in [4.78, 5) is 34.7. The van der Waals surface area contributed by atoms with Gasteiger partial charge in [-0.3, -0.25) is 9.97 Å². The molecule has 8 nitrogen and oxygen atoms in total. The first kappa shape index (κ1) is 22.2. The van der Waals surface area contributed by atoms with Crippen LogP contribution in [0, 0.1) is 0 Å². The molecule has 6 heterocycles. The Kier molecular flexibility index (Phi) is 4.96. The standard InChI is InChI=1S/C32H20N8/c1-3-7-27-25(5-1)37-29-15-21(35-31(29)39-27)10-9-20-11-13-23-19(17-33-20)18-34-24(23)14-12-22-16-30-32(36-22)40-28-8-4-2-6-26(28)38-30/h1-18H,(H,35,39)(H,36,40)/b10-9+,14-12+. The molecular weight excluding hydrogens is 496 g/mol. The Morgan fingerprint density at radius 2 is 1.10 bits per heavy atom. The Labute approximate surface area is 228 Å². The summed E-state index contributed by atoms with van der Waals surface area (Å²) in [5.74, 6) is 1.53. The van der Waals surface area contributed by atoms with Crippen LogP contribution in [-0.4, -0.2) is 39.9 Å². The number of H-pyrrole nitrogens is 2. The smallest absolute Gasteiger partial charge is 0.157 e. The molecule has 8 rings (SSSR count). The molecule has 0 saturated carbocycles. The van der Waals surface area contributed by atoms with Gasteiger partial charge in [0.05, 0.1) is 44.8 Å². The summed E-state index contributed by atoms with van der Waals surface area (Å²) in [5, 5.41) is 0. The van der Waals surface area contributed by atoms with Gasteiger partial charge in [0.25, 0.3) is 0 Å². The number of hydrogen-bond donors (Lipinski definition) is 2. The maximum atomic E-state index is 4.71. The number of fused-ring (bicyclic) bond motifs is 5. The zero-order valence-electron chi connectivity index (χ0n) is 21.1. The van der Waals surface area contributed by atoms with Crippen LogP contribution in [0.1, 0.15) is 22.8 Å². The normalized spacial score (nSPS) is 12.3. The third-order valence-electron chi connectivity index (χ3n) is 6.87. The Morgan fingerprint density at radius 3 is 1.77 bits per heavy atom. The summed E-state index contributed by atoms with van der Waals surface area (Å²) >= 11 is 0. The number of para-hydroxylation sites is 4. The van der Waals surface area contributed by atoms with Gasteiger partial charge in [-0.1, -0.05) is 24.3 Å². The molecule has 6 aliphatic heterocycles. The van der Waals surface area contributed by atoms with Crippen LogP contribution in [0.4, 0.5) is 0 Å². The van der Waals surface area contributed by atoms with Gasteiger partial charge in [-0.05, 0) is 72.8 Å². The van der Waals surface area contributed by atoms with Gasteiger partial charge >= 0.3 is 0 Å². The summed E-state index contributed by atoms with van der Waals surface area (Å²) in [6.07, 6.45) is 11.5. The van der Waals surface area contributed by atoms with E-state index in [1.54, 1.807) is 0 Å². The van der Waals surface area contributed by atoms with E-state index in [2.05, 4.69) is 29.9 Å². The van der Waals surface area contributed by atoms with Crippen molar-refractivity contribution in [1.82, 2.24) is 39.9 Å². The summed E-state index contributed by atoms with van der Waals surface area (Å²) < 4.78 is 0. The van der Waals surface area contributed by atoms with Gasteiger partial charge in [0.2, 0.25) is 0 Å². The summed E-state index contributed by atoms with van der Waals surface area (Å²) in [7, 11) is 0. The molecule has 0 aromatic heterocycles. The second-order valence-corrected chi connectivity index (χ2v) is 9.53. The number of nitrogens with zero attached hydrogens (tertiary/aromatic N) is 6. The Morgan fingerprint density at radius 1 is 0.525 bits per heavy atom. The average Bonchev–Trinajstić information content (AvgIpc) is 3.64. The molecule has 0 amide bonds. The van der Waals surface area contributed by atoms with Crippen molar-refractivity contribution in [3.63, 3.8) is 0 Å². The van der Waals surface area contributed by atoms with Crippen LogP contribution in [0.25, 0.3) is 80.5 Å². The van der Waals surface area contributed by atoms with Crippen molar-refractivity contribution < 1.29 is 0 Å². The number of benzene rings is 2. The van der Waals surface area contributed by atoms with Gasteiger partial charge < -0.3 is 9.97 Å². The minimum Gasteiger partial charge on any atom is -0.337 e. The second kappa shape index (κ2) is 8.92. The van der Waals surface area contributed by atoms with Crippen LogP contribution in [0.2, 0.25) is 0 Å². The summed E-state index contributed by atoms with van der Waals surface area (Å²) in [5.41, 5.74) is 10.7. The minimum absolute atomic E-state index is 0.764. The Hall–Kier alpha value is -5.76. The van der Waals surface area contributed by atoms with Gasteiger partial charge in [0, 0.05) is 23.5 Å². The second-order valence-electron chi connectivity index (χ2n) is 9.53. The molecule has 0 unspecified atom stereocenters. The van der Waals surface area contributed by atoms with Crippen LogP contribution in [-0.2, 0) is 0 Å². The van der Waals surface area contributed by atoms with Gasteiger partial charge in [0.15, 0.2) is 11.6 Å². The van der Waals surface area contributed by atoms with Crippen molar-refractivity contribution in [3.05, 3.63) is 108 Å². The lowest BCUT2D eigenvalue weighted by Gasteiger charge is -2.00. The van der Waals surface area contributed by atoms with Crippen LogP contribution < -0.4 is 0 Å². The van der Waals surface area contributed by atoms with Crippen molar-refractivity contribution in [2.24, 2.45) is 0 Å². The first-order chi connectivity index (χ1) is 19.7. The molecule has 0 atom stereocenters. The lowest BCUT2D eigenvalue weighted by Crippen LogP contribution is -1.89. The minimum atomic E-state index is 0.764. The van der Waals surface area contributed by atoms with Gasteiger partial charge in [-0.15, -0.1) is 0 Å². The first-order valence-corrected chi connectivity index (χ1v) is 12.9. The molecule has 40 heavy (non-hydrogen) atoms. The zero-order chi connectivity index (χ0) is 26.5. The highest BCUT2D eigenvalue weighted by Gasteiger charge is 2.13. The topological polar surface area (TPSA) is 109 Å². The van der Waals surface area contributed by atoms with Gasteiger partial charge in [-0.2, -0.15) is 0 Å². The van der Waals surface area contributed by atoms with E-state index < -0.39 is 0 Å². The van der Waals surface area contributed by atoms with E-state index in [1.165, 1.54) is 0 Å². The average molecular weight is 517 g/mol. The molecular formula is C32H20N8. The monoisotopic (exact) mass is 516 g/mol. The van der Waals surface area contributed by atoms with Crippen LogP contribution in [0.3, 0.4) is 0 Å². The fourth-order valence-corrected chi connectivity index (χ4v) is 4.88. The van der Waals surface area contributed by atoms with E-state index in [0.717, 1.165) is 79.0 Å². The van der Waals surface area contributed by atoms with Crippen molar-refractivity contribution in [1.29, 1.82) is 0 Å². The van der Waals surface area contributed by atoms with Crippen molar-refractivity contribution >= 4 is 46.4 Å². The number of aromatic amines is 2. The zero-order valence-corrected chi connectivity index (χ0v) is 21.1. The predicted molar refractivity (Wildman–Crippen MR) is 158 cm³/mol. The highest BCUT2D eigenvalue weighted by atomic mass is 15.0. The summed E-state index contributed by atoms with van der Waals surface area (Å²) in [6.45, 7) is 0. The highest BCUT2D eigenvalue weighted by molar-refractivity contribution is 5.83. The lowest BCUT2D eigenvalue weighted by molar-refractivity contribution is 1.22. The largest absolute Gasteiger partial charge is 0.337 e. The predicted octanol–water partition coefficient (Wildman–Crippen LogP) is 6.67. The van der Waals surface area contributed by atoms with E-state index in [0.29, 0.717) is 0 Å². The van der Waals surface area contributed by atoms with E-state index in [1.807, 2.05) is 109 Å². The molecule has 188 valence electrons. The molecule has 2 aromatic rings. The molecule has 0 bridgehead atoms. The third kappa shape index (κ3) is 3.95. The molecule has 0 saturated heterocycles. The van der Waals surface area contributed by atoms with Gasteiger partial charge in [-0.25, -0.2) is 19.9 Å². The molecule has 2 N–H and O–H groups in total. The van der Waals surface area contributed by atoms with E-state index in [9.17, 15) is 0 Å². The fraction of sp³-hybridized carbons (Fsp3) is 0. The quantitative estimate of drug-likeness (QED) is 0.270. The van der Waals surface area contributed by atoms with Crippen LogP contribution in [0.5, 0.6) is 0 Å². The van der Waals surface area contributed by atoms with Crippen molar-refractivity contribution in [2.75, 3.05) is 0 Å². The van der Waals surface area contributed by atoms with Crippen LogP contribution >= 0.6 is 0 Å². The number of aromatic nitrogens is 8. The number of nitrogens with one attached hydrogen (secondary N) is 2. The third-order valence-corrected chi connectivity index (χ3v) is 6.87. The number of rotatable bonds is 4.